The third-order valence-electron chi connectivity index (χ3n) is 2.45. The lowest BCUT2D eigenvalue weighted by atomic mass is 10.1. The molecule has 0 spiro atoms. The molecule has 1 aromatic heterocycles. The molecule has 1 rings (SSSR count). The van der Waals surface area contributed by atoms with Gasteiger partial charge in [-0.05, 0) is 31.4 Å². The normalized spacial score (nSPS) is 13.0. The summed E-state index contributed by atoms with van der Waals surface area (Å²) in [5, 5.41) is 7.77. The van der Waals surface area contributed by atoms with Crippen molar-refractivity contribution in [1.29, 1.82) is 0 Å². The van der Waals surface area contributed by atoms with Gasteiger partial charge in [-0.25, -0.2) is 0 Å². The summed E-state index contributed by atoms with van der Waals surface area (Å²) in [5.41, 5.74) is 1.30. The number of rotatable bonds is 7. The quantitative estimate of drug-likeness (QED) is 0.724. The molecule has 0 saturated heterocycles. The van der Waals surface area contributed by atoms with E-state index in [9.17, 15) is 0 Å². The lowest BCUT2D eigenvalue weighted by molar-refractivity contribution is 0.519. The van der Waals surface area contributed by atoms with Gasteiger partial charge in [0.05, 0.1) is 6.20 Å². The van der Waals surface area contributed by atoms with Gasteiger partial charge in [0.2, 0.25) is 0 Å². The fraction of sp³-hybridized carbons (Fsp3) is 0.727. The molecule has 0 saturated carbocycles. The Labute approximate surface area is 96.6 Å². The van der Waals surface area contributed by atoms with Gasteiger partial charge >= 0.3 is 0 Å². The van der Waals surface area contributed by atoms with E-state index in [1.54, 1.807) is 0 Å². The molecule has 0 radical (unpaired) electrons. The Kier molecular flexibility index (Phi) is 5.79. The number of nitrogens with one attached hydrogen (secondary N) is 1. The van der Waals surface area contributed by atoms with Gasteiger partial charge in [-0.3, -0.25) is 4.68 Å². The predicted molar refractivity (Wildman–Crippen MR) is 67.2 cm³/mol. The fourth-order valence-corrected chi connectivity index (χ4v) is 2.04. The molecule has 1 heterocycles. The van der Waals surface area contributed by atoms with Gasteiger partial charge in [-0.2, -0.15) is 16.9 Å². The number of thioether (sulfide) groups is 1. The summed E-state index contributed by atoms with van der Waals surface area (Å²) in [6, 6.07) is 0.459. The van der Waals surface area contributed by atoms with E-state index in [2.05, 4.69) is 29.8 Å². The summed E-state index contributed by atoms with van der Waals surface area (Å²) in [7, 11) is 1.96. The van der Waals surface area contributed by atoms with Crippen LogP contribution in [0.2, 0.25) is 0 Å². The molecule has 0 aliphatic rings. The smallest absolute Gasteiger partial charge is 0.0537 e. The molecule has 0 aromatic carbocycles. The SMILES string of the molecule is CCC(NCCCSC)c1cnn(C)c1. The maximum absolute atomic E-state index is 4.20. The Hall–Kier alpha value is -0.480. The molecular weight excluding hydrogens is 206 g/mol. The average Bonchev–Trinajstić information content (AvgIpc) is 2.65. The van der Waals surface area contributed by atoms with E-state index in [0.717, 1.165) is 13.0 Å². The molecule has 1 atom stereocenters. The third-order valence-corrected chi connectivity index (χ3v) is 3.15. The van der Waals surface area contributed by atoms with Gasteiger partial charge in [0, 0.05) is 24.8 Å². The van der Waals surface area contributed by atoms with Gasteiger partial charge in [-0.15, -0.1) is 0 Å². The second kappa shape index (κ2) is 6.90. The Morgan fingerprint density at radius 3 is 2.93 bits per heavy atom. The molecule has 0 bridgehead atoms. The summed E-state index contributed by atoms with van der Waals surface area (Å²) < 4.78 is 1.86. The Bertz CT molecular complexity index is 273. The first-order chi connectivity index (χ1) is 7.27. The minimum Gasteiger partial charge on any atom is -0.310 e. The molecule has 15 heavy (non-hydrogen) atoms. The highest BCUT2D eigenvalue weighted by atomic mass is 32.2. The monoisotopic (exact) mass is 227 g/mol. The van der Waals surface area contributed by atoms with Crippen LogP contribution in [0.15, 0.2) is 12.4 Å². The van der Waals surface area contributed by atoms with Gasteiger partial charge in [0.15, 0.2) is 0 Å². The van der Waals surface area contributed by atoms with Crippen molar-refractivity contribution in [3.8, 4) is 0 Å². The van der Waals surface area contributed by atoms with E-state index < -0.39 is 0 Å². The van der Waals surface area contributed by atoms with Crippen LogP contribution in [0.1, 0.15) is 31.4 Å². The van der Waals surface area contributed by atoms with E-state index in [0.29, 0.717) is 6.04 Å². The molecule has 0 amide bonds. The van der Waals surface area contributed by atoms with Crippen LogP contribution < -0.4 is 5.32 Å². The van der Waals surface area contributed by atoms with E-state index in [1.807, 2.05) is 29.7 Å². The first kappa shape index (κ1) is 12.6. The zero-order valence-corrected chi connectivity index (χ0v) is 10.7. The zero-order chi connectivity index (χ0) is 11.1. The van der Waals surface area contributed by atoms with Crippen molar-refractivity contribution in [2.45, 2.75) is 25.8 Å². The van der Waals surface area contributed by atoms with E-state index in [-0.39, 0.29) is 0 Å². The van der Waals surface area contributed by atoms with Crippen LogP contribution in [0, 0.1) is 0 Å². The summed E-state index contributed by atoms with van der Waals surface area (Å²) in [6.07, 6.45) is 8.55. The molecule has 1 aromatic rings. The van der Waals surface area contributed by atoms with Crippen molar-refractivity contribution in [1.82, 2.24) is 15.1 Å². The van der Waals surface area contributed by atoms with Crippen LogP contribution in [-0.2, 0) is 7.05 Å². The van der Waals surface area contributed by atoms with Gasteiger partial charge in [0.25, 0.3) is 0 Å². The highest BCUT2D eigenvalue weighted by Crippen LogP contribution is 2.15. The summed E-state index contributed by atoms with van der Waals surface area (Å²) in [4.78, 5) is 0. The Balaban J connectivity index is 2.35. The molecule has 0 fully saturated rings. The first-order valence-electron chi connectivity index (χ1n) is 5.48. The maximum Gasteiger partial charge on any atom is 0.0537 e. The predicted octanol–water partition coefficient (Wildman–Crippen LogP) is 2.21. The minimum absolute atomic E-state index is 0.459. The zero-order valence-electron chi connectivity index (χ0n) is 9.86. The highest BCUT2D eigenvalue weighted by Gasteiger charge is 2.09. The topological polar surface area (TPSA) is 29.9 Å². The maximum atomic E-state index is 4.20. The molecule has 4 heteroatoms. The largest absolute Gasteiger partial charge is 0.310 e. The number of aryl methyl sites for hydroxylation is 1. The van der Waals surface area contributed by atoms with Crippen LogP contribution in [0.3, 0.4) is 0 Å². The number of hydrogen-bond donors (Lipinski definition) is 1. The average molecular weight is 227 g/mol. The molecule has 3 nitrogen and oxygen atoms in total. The first-order valence-corrected chi connectivity index (χ1v) is 6.88. The Morgan fingerprint density at radius 1 is 1.60 bits per heavy atom. The molecule has 0 aliphatic carbocycles. The third kappa shape index (κ3) is 4.26. The Morgan fingerprint density at radius 2 is 2.40 bits per heavy atom. The second-order valence-corrected chi connectivity index (χ2v) is 4.69. The van der Waals surface area contributed by atoms with Gasteiger partial charge in [0.1, 0.15) is 0 Å². The number of nitrogens with zero attached hydrogens (tertiary/aromatic N) is 2. The van der Waals surface area contributed by atoms with Gasteiger partial charge < -0.3 is 5.32 Å². The van der Waals surface area contributed by atoms with Crippen molar-refractivity contribution in [3.63, 3.8) is 0 Å². The summed E-state index contributed by atoms with van der Waals surface area (Å²) >= 11 is 1.90. The van der Waals surface area contributed by atoms with Crippen molar-refractivity contribution >= 4 is 11.8 Å². The molecule has 0 aliphatic heterocycles. The van der Waals surface area contributed by atoms with Crippen LogP contribution >= 0.6 is 11.8 Å². The van der Waals surface area contributed by atoms with Crippen LogP contribution in [0.5, 0.6) is 0 Å². The molecule has 1 unspecified atom stereocenters. The van der Waals surface area contributed by atoms with Crippen LogP contribution in [0.25, 0.3) is 0 Å². The van der Waals surface area contributed by atoms with Crippen molar-refractivity contribution in [3.05, 3.63) is 18.0 Å². The molecular formula is C11H21N3S. The van der Waals surface area contributed by atoms with E-state index in [4.69, 9.17) is 0 Å². The van der Waals surface area contributed by atoms with Crippen LogP contribution in [0.4, 0.5) is 0 Å². The number of aromatic nitrogens is 2. The van der Waals surface area contributed by atoms with E-state index >= 15 is 0 Å². The number of hydrogen-bond acceptors (Lipinski definition) is 3. The summed E-state index contributed by atoms with van der Waals surface area (Å²) in [5.74, 6) is 1.23. The lowest BCUT2D eigenvalue weighted by Crippen LogP contribution is -2.21. The van der Waals surface area contributed by atoms with Crippen molar-refractivity contribution < 1.29 is 0 Å². The van der Waals surface area contributed by atoms with Gasteiger partial charge in [-0.1, -0.05) is 6.92 Å². The summed E-state index contributed by atoms with van der Waals surface area (Å²) in [6.45, 7) is 3.30. The fourth-order valence-electron chi connectivity index (χ4n) is 1.61. The standard InChI is InChI=1S/C11H21N3S/c1-4-11(12-6-5-7-15-3)10-8-13-14(2)9-10/h8-9,11-12H,4-7H2,1-3H3. The van der Waals surface area contributed by atoms with E-state index in [1.165, 1.54) is 17.7 Å². The van der Waals surface area contributed by atoms with Crippen molar-refractivity contribution in [2.24, 2.45) is 7.05 Å². The highest BCUT2D eigenvalue weighted by molar-refractivity contribution is 7.98. The molecule has 86 valence electrons. The second-order valence-electron chi connectivity index (χ2n) is 3.71. The minimum atomic E-state index is 0.459. The molecule has 1 N–H and O–H groups in total. The van der Waals surface area contributed by atoms with Crippen molar-refractivity contribution in [2.75, 3.05) is 18.6 Å². The van der Waals surface area contributed by atoms with Crippen LogP contribution in [-0.4, -0.2) is 28.3 Å². The lowest BCUT2D eigenvalue weighted by Gasteiger charge is -2.14.